The average Bonchev–Trinajstić information content (AvgIpc) is 2.95. The topological polar surface area (TPSA) is 83.4 Å². The van der Waals surface area contributed by atoms with Crippen LogP contribution in [0.4, 0.5) is 10.7 Å². The fourth-order valence-electron chi connectivity index (χ4n) is 2.01. The molecule has 3 aromatic rings. The van der Waals surface area contributed by atoms with E-state index in [-0.39, 0.29) is 11.4 Å². The number of carbonyl (C=O) groups is 2. The van der Waals surface area contributed by atoms with Crippen molar-refractivity contribution < 1.29 is 14.0 Å². The fraction of sp³-hybridized carbons (Fsp3) is 0. The second kappa shape index (κ2) is 6.41. The molecule has 0 atom stereocenters. The Bertz CT molecular complexity index is 843. The quantitative estimate of drug-likeness (QED) is 0.629. The van der Waals surface area contributed by atoms with E-state index in [9.17, 15) is 9.59 Å². The molecule has 0 saturated heterocycles. The van der Waals surface area contributed by atoms with Gasteiger partial charge in [0.2, 0.25) is 5.88 Å². The number of furan rings is 1. The molecule has 1 heterocycles. The minimum absolute atomic E-state index is 0.262. The number of fused-ring (bicyclic) bond motifs is 1. The molecule has 6 nitrogen and oxygen atoms in total. The summed E-state index contributed by atoms with van der Waals surface area (Å²) in [7, 11) is 0. The van der Waals surface area contributed by atoms with Crippen molar-refractivity contribution in [1.29, 1.82) is 0 Å². The minimum atomic E-state index is -0.635. The molecule has 0 bridgehead atoms. The molecule has 1 aromatic heterocycles. The Hall–Kier alpha value is -2.99. The predicted molar refractivity (Wildman–Crippen MR) is 87.3 cm³/mol. The van der Waals surface area contributed by atoms with Crippen molar-refractivity contribution in [2.24, 2.45) is 0 Å². The fourth-order valence-corrected chi connectivity index (χ4v) is 2.23. The van der Waals surface area contributed by atoms with Gasteiger partial charge in [-0.05, 0) is 18.2 Å². The van der Waals surface area contributed by atoms with Gasteiger partial charge < -0.3 is 4.42 Å². The smallest absolute Gasteiger partial charge is 0.340 e. The maximum absolute atomic E-state index is 11.9. The number of hydrogen-bond acceptors (Lipinski definition) is 3. The standard InChI is InChI=1S/C16H12ClN3O3/c17-12-7-3-2-6-11(12)15(21)19-20-16(22)18-14-9-10-5-1-4-8-13(10)23-14/h1-9H,(H,19,21)(H2,18,20,22). The summed E-state index contributed by atoms with van der Waals surface area (Å²) >= 11 is 5.91. The third-order valence-electron chi connectivity index (χ3n) is 3.07. The maximum atomic E-state index is 11.9. The van der Waals surface area contributed by atoms with Gasteiger partial charge in [-0.25, -0.2) is 10.2 Å². The zero-order valence-corrected chi connectivity index (χ0v) is 12.6. The molecule has 3 amide bonds. The minimum Gasteiger partial charge on any atom is -0.440 e. The molecule has 0 fully saturated rings. The highest BCUT2D eigenvalue weighted by Crippen LogP contribution is 2.22. The molecule has 7 heteroatoms. The average molecular weight is 330 g/mol. The second-order valence-electron chi connectivity index (χ2n) is 4.66. The largest absolute Gasteiger partial charge is 0.440 e. The van der Waals surface area contributed by atoms with E-state index in [1.165, 1.54) is 0 Å². The van der Waals surface area contributed by atoms with E-state index in [1.54, 1.807) is 36.4 Å². The molecular formula is C16H12ClN3O3. The Balaban J connectivity index is 1.59. The molecule has 0 spiro atoms. The Morgan fingerprint density at radius 3 is 2.48 bits per heavy atom. The summed E-state index contributed by atoms with van der Waals surface area (Å²) in [6.07, 6.45) is 0. The van der Waals surface area contributed by atoms with Crippen molar-refractivity contribution in [3.8, 4) is 0 Å². The lowest BCUT2D eigenvalue weighted by atomic mass is 10.2. The zero-order chi connectivity index (χ0) is 16.2. The van der Waals surface area contributed by atoms with E-state index in [0.717, 1.165) is 5.39 Å². The van der Waals surface area contributed by atoms with Gasteiger partial charge in [0.25, 0.3) is 5.91 Å². The van der Waals surface area contributed by atoms with Gasteiger partial charge in [-0.2, -0.15) is 0 Å². The molecule has 0 aliphatic rings. The summed E-state index contributed by atoms with van der Waals surface area (Å²) in [6.45, 7) is 0. The number of rotatable bonds is 2. The number of carbonyl (C=O) groups excluding carboxylic acids is 2. The van der Waals surface area contributed by atoms with Gasteiger partial charge in [-0.3, -0.25) is 15.5 Å². The van der Waals surface area contributed by atoms with E-state index in [2.05, 4.69) is 16.2 Å². The van der Waals surface area contributed by atoms with Crippen molar-refractivity contribution in [3.05, 3.63) is 65.2 Å². The zero-order valence-electron chi connectivity index (χ0n) is 11.8. The molecule has 0 aliphatic heterocycles. The van der Waals surface area contributed by atoms with E-state index >= 15 is 0 Å². The van der Waals surface area contributed by atoms with Crippen LogP contribution in [0.15, 0.2) is 59.0 Å². The van der Waals surface area contributed by atoms with Crippen molar-refractivity contribution in [2.75, 3.05) is 5.32 Å². The molecule has 0 aliphatic carbocycles. The number of anilines is 1. The van der Waals surface area contributed by atoms with Gasteiger partial charge in [-0.1, -0.05) is 41.9 Å². The number of hydrazine groups is 1. The summed E-state index contributed by atoms with van der Waals surface area (Å²) in [5.41, 5.74) is 5.42. The third-order valence-corrected chi connectivity index (χ3v) is 3.40. The number of hydrogen-bond donors (Lipinski definition) is 3. The highest BCUT2D eigenvalue weighted by atomic mass is 35.5. The van der Waals surface area contributed by atoms with Crippen LogP contribution in [0.2, 0.25) is 5.02 Å². The van der Waals surface area contributed by atoms with E-state index in [0.29, 0.717) is 10.6 Å². The highest BCUT2D eigenvalue weighted by molar-refractivity contribution is 6.33. The van der Waals surface area contributed by atoms with E-state index in [1.807, 2.05) is 18.2 Å². The number of urea groups is 1. The summed E-state index contributed by atoms with van der Waals surface area (Å²) in [4.78, 5) is 23.7. The summed E-state index contributed by atoms with van der Waals surface area (Å²) < 4.78 is 5.44. The Morgan fingerprint density at radius 1 is 0.957 bits per heavy atom. The summed E-state index contributed by atoms with van der Waals surface area (Å²) in [5.74, 6) is -0.244. The maximum Gasteiger partial charge on any atom is 0.340 e. The summed E-state index contributed by atoms with van der Waals surface area (Å²) in [6, 6.07) is 14.9. The predicted octanol–water partition coefficient (Wildman–Crippen LogP) is 3.55. The lowest BCUT2D eigenvalue weighted by Crippen LogP contribution is -2.43. The van der Waals surface area contributed by atoms with Crippen LogP contribution in [-0.4, -0.2) is 11.9 Å². The molecule has 0 unspecified atom stereocenters. The third kappa shape index (κ3) is 3.44. The number of nitrogens with one attached hydrogen (secondary N) is 3. The number of benzene rings is 2. The van der Waals surface area contributed by atoms with Crippen molar-refractivity contribution in [1.82, 2.24) is 10.9 Å². The number of halogens is 1. The molecular weight excluding hydrogens is 318 g/mol. The SMILES string of the molecule is O=C(NNC(=O)c1ccccc1Cl)Nc1cc2ccccc2o1. The van der Waals surface area contributed by atoms with Crippen LogP contribution in [0.25, 0.3) is 11.0 Å². The first-order chi connectivity index (χ1) is 11.1. The van der Waals surface area contributed by atoms with Crippen LogP contribution >= 0.6 is 11.6 Å². The summed E-state index contributed by atoms with van der Waals surface area (Å²) in [5, 5.41) is 3.65. The van der Waals surface area contributed by atoms with Crippen molar-refractivity contribution in [2.45, 2.75) is 0 Å². The molecule has 3 rings (SSSR count). The van der Waals surface area contributed by atoms with Crippen molar-refractivity contribution in [3.63, 3.8) is 0 Å². The first kappa shape index (κ1) is 14.9. The Morgan fingerprint density at radius 2 is 1.70 bits per heavy atom. The van der Waals surface area contributed by atoms with Gasteiger partial charge in [-0.15, -0.1) is 0 Å². The molecule has 116 valence electrons. The molecule has 0 saturated carbocycles. The van der Waals surface area contributed by atoms with Gasteiger partial charge in [0.1, 0.15) is 5.58 Å². The second-order valence-corrected chi connectivity index (χ2v) is 5.07. The lowest BCUT2D eigenvalue weighted by molar-refractivity contribution is 0.0938. The normalized spacial score (nSPS) is 10.3. The van der Waals surface area contributed by atoms with Crippen LogP contribution in [0.1, 0.15) is 10.4 Å². The van der Waals surface area contributed by atoms with Crippen LogP contribution in [-0.2, 0) is 0 Å². The van der Waals surface area contributed by atoms with Gasteiger partial charge in [0.15, 0.2) is 0 Å². The molecule has 0 radical (unpaired) electrons. The van der Waals surface area contributed by atoms with Crippen LogP contribution in [0, 0.1) is 0 Å². The first-order valence-corrected chi connectivity index (χ1v) is 7.12. The molecule has 3 N–H and O–H groups in total. The Kier molecular flexibility index (Phi) is 4.16. The highest BCUT2D eigenvalue weighted by Gasteiger charge is 2.11. The van der Waals surface area contributed by atoms with Gasteiger partial charge in [0.05, 0.1) is 10.6 Å². The van der Waals surface area contributed by atoms with Gasteiger partial charge in [0, 0.05) is 11.5 Å². The van der Waals surface area contributed by atoms with Crippen LogP contribution < -0.4 is 16.2 Å². The first-order valence-electron chi connectivity index (χ1n) is 6.74. The van der Waals surface area contributed by atoms with Gasteiger partial charge >= 0.3 is 6.03 Å². The van der Waals surface area contributed by atoms with Crippen LogP contribution in [0.5, 0.6) is 0 Å². The van der Waals surface area contributed by atoms with Crippen LogP contribution in [0.3, 0.4) is 0 Å². The molecule has 2 aromatic carbocycles. The number of amides is 3. The van der Waals surface area contributed by atoms with E-state index < -0.39 is 11.9 Å². The lowest BCUT2D eigenvalue weighted by Gasteiger charge is -2.08. The Labute approximate surface area is 136 Å². The van der Waals surface area contributed by atoms with Crippen molar-refractivity contribution >= 4 is 40.4 Å². The number of para-hydroxylation sites is 1. The monoisotopic (exact) mass is 329 g/mol. The van der Waals surface area contributed by atoms with E-state index in [4.69, 9.17) is 16.0 Å². The molecule has 23 heavy (non-hydrogen) atoms.